The fraction of sp³-hybridized carbons (Fsp3) is 0.526. The van der Waals surface area contributed by atoms with E-state index < -0.39 is 5.69 Å². The molecule has 154 valence electrons. The van der Waals surface area contributed by atoms with Crippen molar-refractivity contribution in [3.05, 3.63) is 37.7 Å². The summed E-state index contributed by atoms with van der Waals surface area (Å²) in [5.41, 5.74) is 1.05. The molecule has 1 atom stereocenters. The van der Waals surface area contributed by atoms with E-state index in [1.807, 2.05) is 0 Å². The molecule has 0 aromatic carbocycles. The molecule has 4 rings (SSSR count). The zero-order chi connectivity index (χ0) is 20.7. The average Bonchev–Trinajstić information content (AvgIpc) is 3.28. The first kappa shape index (κ1) is 19.6. The van der Waals surface area contributed by atoms with Crippen LogP contribution in [-0.2, 0) is 38.3 Å². The van der Waals surface area contributed by atoms with Gasteiger partial charge in [-0.15, -0.1) is 11.3 Å². The lowest BCUT2D eigenvalue weighted by Crippen LogP contribution is -2.37. The maximum absolute atomic E-state index is 12.4. The SMILES string of the molecule is CC1CCc2nc(NC(=O)CCCn3cnc4c3c(=O)n(C)c(=O)n4C)sc2C1. The average molecular weight is 417 g/mol. The molecule has 9 nitrogen and oxygen atoms in total. The third-order valence-electron chi connectivity index (χ3n) is 5.45. The van der Waals surface area contributed by atoms with Crippen LogP contribution >= 0.6 is 11.3 Å². The first-order valence-electron chi connectivity index (χ1n) is 9.74. The summed E-state index contributed by atoms with van der Waals surface area (Å²) < 4.78 is 4.12. The number of nitrogens with zero attached hydrogens (tertiary/aromatic N) is 5. The number of fused-ring (bicyclic) bond motifs is 2. The zero-order valence-electron chi connectivity index (χ0n) is 16.8. The number of imidazole rings is 1. The fourth-order valence-corrected chi connectivity index (χ4v) is 4.94. The second-order valence-electron chi connectivity index (χ2n) is 7.70. The van der Waals surface area contributed by atoms with Gasteiger partial charge in [-0.25, -0.2) is 14.8 Å². The molecular weight excluding hydrogens is 392 g/mol. The summed E-state index contributed by atoms with van der Waals surface area (Å²) in [5.74, 6) is 0.581. The molecule has 0 radical (unpaired) electrons. The molecule has 0 fully saturated rings. The van der Waals surface area contributed by atoms with Crippen molar-refractivity contribution in [2.75, 3.05) is 5.32 Å². The maximum Gasteiger partial charge on any atom is 0.332 e. The Morgan fingerprint density at radius 2 is 2.10 bits per heavy atom. The van der Waals surface area contributed by atoms with Gasteiger partial charge in [-0.05, 0) is 31.6 Å². The second-order valence-corrected chi connectivity index (χ2v) is 8.79. The van der Waals surface area contributed by atoms with Gasteiger partial charge in [0.05, 0.1) is 12.0 Å². The molecule has 1 aliphatic carbocycles. The van der Waals surface area contributed by atoms with Gasteiger partial charge >= 0.3 is 5.69 Å². The van der Waals surface area contributed by atoms with Crippen molar-refractivity contribution in [2.45, 2.75) is 45.6 Å². The Morgan fingerprint density at radius 3 is 2.90 bits per heavy atom. The first-order chi connectivity index (χ1) is 13.8. The van der Waals surface area contributed by atoms with E-state index in [4.69, 9.17) is 0 Å². The number of carbonyl (C=O) groups excluding carboxylic acids is 1. The van der Waals surface area contributed by atoms with Crippen LogP contribution in [0.25, 0.3) is 11.2 Å². The molecule has 0 aliphatic heterocycles. The van der Waals surface area contributed by atoms with Crippen LogP contribution in [0.1, 0.15) is 36.8 Å². The molecule has 3 aromatic heterocycles. The summed E-state index contributed by atoms with van der Waals surface area (Å²) in [6, 6.07) is 0. The van der Waals surface area contributed by atoms with Gasteiger partial charge in [0.15, 0.2) is 16.3 Å². The molecule has 29 heavy (non-hydrogen) atoms. The number of amides is 1. The Balaban J connectivity index is 1.40. The molecular formula is C19H24N6O3S. The van der Waals surface area contributed by atoms with E-state index in [1.54, 1.807) is 29.3 Å². The standard InChI is InChI=1S/C19H24N6O3S/c1-11-6-7-12-13(9-11)29-18(21-12)22-14(26)5-4-8-25-10-20-16-15(25)17(27)24(3)19(28)23(16)2/h10-11H,4-9H2,1-3H3,(H,21,22,26). The third kappa shape index (κ3) is 3.64. The summed E-state index contributed by atoms with van der Waals surface area (Å²) in [6.07, 6.45) is 5.56. The molecule has 1 N–H and O–H groups in total. The number of nitrogens with one attached hydrogen (secondary N) is 1. The molecule has 1 amide bonds. The van der Waals surface area contributed by atoms with Crippen LogP contribution in [-0.4, -0.2) is 29.6 Å². The van der Waals surface area contributed by atoms with E-state index >= 15 is 0 Å². The molecule has 10 heteroatoms. The molecule has 0 bridgehead atoms. The van der Waals surface area contributed by atoms with Crippen LogP contribution in [0.5, 0.6) is 0 Å². The van der Waals surface area contributed by atoms with Gasteiger partial charge in [-0.1, -0.05) is 6.92 Å². The quantitative estimate of drug-likeness (QED) is 0.678. The third-order valence-corrected chi connectivity index (χ3v) is 6.49. The number of carbonyl (C=O) groups is 1. The highest BCUT2D eigenvalue weighted by Gasteiger charge is 2.20. The van der Waals surface area contributed by atoms with Crippen LogP contribution < -0.4 is 16.6 Å². The van der Waals surface area contributed by atoms with Gasteiger partial charge in [0.25, 0.3) is 5.56 Å². The van der Waals surface area contributed by atoms with Crippen molar-refractivity contribution >= 4 is 33.5 Å². The number of hydrogen-bond donors (Lipinski definition) is 1. The van der Waals surface area contributed by atoms with Crippen molar-refractivity contribution in [1.29, 1.82) is 0 Å². The van der Waals surface area contributed by atoms with Crippen molar-refractivity contribution in [3.8, 4) is 0 Å². The minimum atomic E-state index is -0.410. The second kappa shape index (κ2) is 7.58. The molecule has 1 aliphatic rings. The summed E-state index contributed by atoms with van der Waals surface area (Å²) in [7, 11) is 3.03. The maximum atomic E-state index is 12.4. The van der Waals surface area contributed by atoms with Gasteiger partial charge in [-0.2, -0.15) is 0 Å². The molecule has 1 unspecified atom stereocenters. The van der Waals surface area contributed by atoms with Crippen LogP contribution in [0.2, 0.25) is 0 Å². The minimum absolute atomic E-state index is 0.0890. The first-order valence-corrected chi connectivity index (χ1v) is 10.6. The number of aryl methyl sites for hydroxylation is 3. The van der Waals surface area contributed by atoms with Crippen LogP contribution in [0.4, 0.5) is 5.13 Å². The highest BCUT2D eigenvalue weighted by molar-refractivity contribution is 7.15. The lowest BCUT2D eigenvalue weighted by atomic mass is 9.93. The minimum Gasteiger partial charge on any atom is -0.325 e. The predicted molar refractivity (Wildman–Crippen MR) is 111 cm³/mol. The van der Waals surface area contributed by atoms with Gasteiger partial charge in [-0.3, -0.25) is 18.7 Å². The van der Waals surface area contributed by atoms with E-state index in [2.05, 4.69) is 22.2 Å². The zero-order valence-corrected chi connectivity index (χ0v) is 17.6. The Bertz CT molecular complexity index is 1200. The smallest absolute Gasteiger partial charge is 0.325 e. The number of rotatable bonds is 5. The van der Waals surface area contributed by atoms with Crippen molar-refractivity contribution in [2.24, 2.45) is 20.0 Å². The Hall–Kier alpha value is -2.75. The van der Waals surface area contributed by atoms with Gasteiger partial charge < -0.3 is 9.88 Å². The Labute approximate surface area is 171 Å². The number of aromatic nitrogens is 5. The highest BCUT2D eigenvalue weighted by Crippen LogP contribution is 2.32. The van der Waals surface area contributed by atoms with E-state index in [0.29, 0.717) is 41.6 Å². The molecule has 0 spiro atoms. The van der Waals surface area contributed by atoms with Crippen LogP contribution in [0.3, 0.4) is 0 Å². The van der Waals surface area contributed by atoms with E-state index in [9.17, 15) is 14.4 Å². The van der Waals surface area contributed by atoms with Crippen LogP contribution in [0.15, 0.2) is 15.9 Å². The number of thiazole rings is 1. The number of anilines is 1. The van der Waals surface area contributed by atoms with Crippen molar-refractivity contribution < 1.29 is 4.79 Å². The summed E-state index contributed by atoms with van der Waals surface area (Å²) in [6.45, 7) is 2.70. The monoisotopic (exact) mass is 416 g/mol. The van der Waals surface area contributed by atoms with E-state index in [0.717, 1.165) is 29.5 Å². The molecule has 3 aromatic rings. The summed E-state index contributed by atoms with van der Waals surface area (Å²) >= 11 is 1.57. The van der Waals surface area contributed by atoms with E-state index in [-0.39, 0.29) is 11.5 Å². The normalized spacial score (nSPS) is 16.2. The Morgan fingerprint density at radius 1 is 1.31 bits per heavy atom. The summed E-state index contributed by atoms with van der Waals surface area (Å²) in [5, 5.41) is 3.57. The molecule has 0 saturated carbocycles. The molecule has 3 heterocycles. The fourth-order valence-electron chi connectivity index (χ4n) is 3.75. The lowest BCUT2D eigenvalue weighted by Gasteiger charge is -2.15. The van der Waals surface area contributed by atoms with Gasteiger partial charge in [0.1, 0.15) is 0 Å². The lowest BCUT2D eigenvalue weighted by molar-refractivity contribution is -0.116. The summed E-state index contributed by atoms with van der Waals surface area (Å²) in [4.78, 5) is 46.8. The van der Waals surface area contributed by atoms with Crippen molar-refractivity contribution in [3.63, 3.8) is 0 Å². The largest absolute Gasteiger partial charge is 0.332 e. The van der Waals surface area contributed by atoms with Gasteiger partial charge in [0, 0.05) is 31.9 Å². The van der Waals surface area contributed by atoms with Crippen molar-refractivity contribution in [1.82, 2.24) is 23.7 Å². The predicted octanol–water partition coefficient (Wildman–Crippen LogP) is 1.43. The highest BCUT2D eigenvalue weighted by atomic mass is 32.1. The van der Waals surface area contributed by atoms with E-state index in [1.165, 1.54) is 16.5 Å². The Kier molecular flexibility index (Phi) is 5.12. The van der Waals surface area contributed by atoms with Crippen LogP contribution in [0, 0.1) is 5.92 Å². The van der Waals surface area contributed by atoms with Gasteiger partial charge in [0.2, 0.25) is 5.91 Å². The number of hydrogen-bond acceptors (Lipinski definition) is 6. The topological polar surface area (TPSA) is 104 Å². The molecule has 0 saturated heterocycles.